The van der Waals surface area contributed by atoms with Gasteiger partial charge < -0.3 is 5.11 Å². The molecule has 1 aromatic rings. The van der Waals surface area contributed by atoms with Crippen LogP contribution in [0.5, 0.6) is 0 Å². The molecule has 0 spiro atoms. The van der Waals surface area contributed by atoms with Crippen LogP contribution in [0.2, 0.25) is 0 Å². The predicted octanol–water partition coefficient (Wildman–Crippen LogP) is 1.61. The Bertz CT molecular complexity index is 504. The van der Waals surface area contributed by atoms with Crippen molar-refractivity contribution in [3.63, 3.8) is 0 Å². The molecule has 0 amide bonds. The molecule has 0 bridgehead atoms. The van der Waals surface area contributed by atoms with Gasteiger partial charge in [0.25, 0.3) is 10.1 Å². The lowest BCUT2D eigenvalue weighted by molar-refractivity contribution is -0.136. The van der Waals surface area contributed by atoms with Gasteiger partial charge in [0.05, 0.1) is 19.3 Å². The number of carboxylic acid groups (broad SMARTS) is 1. The highest BCUT2D eigenvalue weighted by Crippen LogP contribution is 2.09. The van der Waals surface area contributed by atoms with Crippen LogP contribution in [-0.4, -0.2) is 32.4 Å². The van der Waals surface area contributed by atoms with E-state index < -0.39 is 16.1 Å². The Morgan fingerprint density at radius 3 is 2.26 bits per heavy atom. The van der Waals surface area contributed by atoms with Gasteiger partial charge in [-0.25, -0.2) is 0 Å². The molecule has 1 rings (SSSR count). The first-order valence-electron chi connectivity index (χ1n) is 6.01. The molecular weight excluding hydrogens is 268 g/mol. The number of benzene rings is 1. The van der Waals surface area contributed by atoms with Crippen molar-refractivity contribution in [1.29, 1.82) is 0 Å². The molecule has 0 fully saturated rings. The van der Waals surface area contributed by atoms with Crippen LogP contribution in [0, 0.1) is 0 Å². The highest BCUT2D eigenvalue weighted by Gasteiger charge is 2.02. The summed E-state index contributed by atoms with van der Waals surface area (Å²) in [5, 5.41) is 8.64. The van der Waals surface area contributed by atoms with Crippen molar-refractivity contribution in [3.8, 4) is 0 Å². The zero-order valence-electron chi connectivity index (χ0n) is 10.8. The Kier molecular flexibility index (Phi) is 5.98. The van der Waals surface area contributed by atoms with E-state index in [1.807, 2.05) is 12.1 Å². The first kappa shape index (κ1) is 15.7. The lowest BCUT2D eigenvalue weighted by atomic mass is 10.0. The molecule has 0 aliphatic carbocycles. The standard InChI is InChI=1S/C13H18O5S/c1-19(16,17)18-9-3-2-4-11-5-7-12(8-6-11)10-13(14)15/h5-8H,2-4,9-10H2,1H3,(H,14,15). The van der Waals surface area contributed by atoms with Crippen LogP contribution in [-0.2, 0) is 31.9 Å². The topological polar surface area (TPSA) is 80.7 Å². The number of hydrogen-bond donors (Lipinski definition) is 1. The number of aryl methyl sites for hydroxylation is 1. The molecule has 1 N–H and O–H groups in total. The molecule has 0 aliphatic heterocycles. The first-order valence-corrected chi connectivity index (χ1v) is 7.82. The van der Waals surface area contributed by atoms with Gasteiger partial charge in [-0.1, -0.05) is 24.3 Å². The second-order valence-corrected chi connectivity index (χ2v) is 6.01. The van der Waals surface area contributed by atoms with Gasteiger partial charge in [-0.2, -0.15) is 8.42 Å². The van der Waals surface area contributed by atoms with Crippen LogP contribution in [0.1, 0.15) is 24.0 Å². The number of hydrogen-bond acceptors (Lipinski definition) is 4. The average molecular weight is 286 g/mol. The molecule has 0 saturated heterocycles. The molecule has 5 nitrogen and oxygen atoms in total. The summed E-state index contributed by atoms with van der Waals surface area (Å²) in [4.78, 5) is 10.5. The third-order valence-corrected chi connectivity index (χ3v) is 3.13. The minimum atomic E-state index is -3.34. The van der Waals surface area contributed by atoms with Crippen LogP contribution in [0.3, 0.4) is 0 Å². The van der Waals surface area contributed by atoms with E-state index in [0.717, 1.165) is 30.2 Å². The molecule has 106 valence electrons. The van der Waals surface area contributed by atoms with Crippen LogP contribution in [0.25, 0.3) is 0 Å². The number of carboxylic acids is 1. The predicted molar refractivity (Wildman–Crippen MR) is 71.5 cm³/mol. The van der Waals surface area contributed by atoms with Crippen LogP contribution in [0.15, 0.2) is 24.3 Å². The van der Waals surface area contributed by atoms with Crippen molar-refractivity contribution in [2.24, 2.45) is 0 Å². The van der Waals surface area contributed by atoms with E-state index in [-0.39, 0.29) is 13.0 Å². The summed E-state index contributed by atoms with van der Waals surface area (Å²) < 4.78 is 26.1. The lowest BCUT2D eigenvalue weighted by Crippen LogP contribution is -2.04. The third kappa shape index (κ3) is 7.58. The third-order valence-electron chi connectivity index (χ3n) is 2.54. The van der Waals surface area contributed by atoms with Crippen LogP contribution >= 0.6 is 0 Å². The minimum absolute atomic E-state index is 0.0302. The van der Waals surface area contributed by atoms with Gasteiger partial charge in [-0.05, 0) is 30.4 Å². The summed E-state index contributed by atoms with van der Waals surface area (Å²) in [5.41, 5.74) is 1.88. The minimum Gasteiger partial charge on any atom is -0.481 e. The Morgan fingerprint density at radius 1 is 1.16 bits per heavy atom. The highest BCUT2D eigenvalue weighted by molar-refractivity contribution is 7.85. The Labute approximate surface area is 113 Å². The number of unbranched alkanes of at least 4 members (excludes halogenated alkanes) is 1. The highest BCUT2D eigenvalue weighted by atomic mass is 32.2. The van der Waals surface area contributed by atoms with Gasteiger partial charge in [-0.3, -0.25) is 8.98 Å². The second-order valence-electron chi connectivity index (χ2n) is 4.37. The van der Waals surface area contributed by atoms with Gasteiger partial charge >= 0.3 is 5.97 Å². The normalized spacial score (nSPS) is 11.4. The molecule has 0 aromatic heterocycles. The summed E-state index contributed by atoms with van der Waals surface area (Å²) in [6.07, 6.45) is 3.38. The SMILES string of the molecule is CS(=O)(=O)OCCCCc1ccc(CC(=O)O)cc1. The van der Waals surface area contributed by atoms with E-state index in [4.69, 9.17) is 5.11 Å². The smallest absolute Gasteiger partial charge is 0.307 e. The fraction of sp³-hybridized carbons (Fsp3) is 0.462. The summed E-state index contributed by atoms with van der Waals surface area (Å²) in [7, 11) is -3.34. The molecule has 0 atom stereocenters. The van der Waals surface area contributed by atoms with Gasteiger partial charge in [0.2, 0.25) is 0 Å². The van der Waals surface area contributed by atoms with Crippen molar-refractivity contribution in [1.82, 2.24) is 0 Å². The molecule has 1 aromatic carbocycles. The molecule has 0 radical (unpaired) electrons. The molecule has 6 heteroatoms. The molecule has 19 heavy (non-hydrogen) atoms. The van der Waals surface area contributed by atoms with Gasteiger partial charge in [0, 0.05) is 0 Å². The van der Waals surface area contributed by atoms with E-state index in [0.29, 0.717) is 6.42 Å². The summed E-state index contributed by atoms with van der Waals surface area (Å²) in [6.45, 7) is 0.204. The van der Waals surface area contributed by atoms with Crippen molar-refractivity contribution < 1.29 is 22.5 Å². The van der Waals surface area contributed by atoms with Crippen molar-refractivity contribution in [2.45, 2.75) is 25.7 Å². The maximum absolute atomic E-state index is 10.7. The largest absolute Gasteiger partial charge is 0.481 e. The molecule has 0 heterocycles. The van der Waals surface area contributed by atoms with E-state index >= 15 is 0 Å². The van der Waals surface area contributed by atoms with E-state index in [1.165, 1.54) is 0 Å². The second kappa shape index (κ2) is 7.25. The first-order chi connectivity index (χ1) is 8.87. The van der Waals surface area contributed by atoms with Crippen molar-refractivity contribution >= 4 is 16.1 Å². The zero-order chi connectivity index (χ0) is 14.3. The number of rotatable bonds is 8. The van der Waals surface area contributed by atoms with E-state index in [9.17, 15) is 13.2 Å². The molecular formula is C13H18O5S. The van der Waals surface area contributed by atoms with Crippen LogP contribution < -0.4 is 0 Å². The zero-order valence-corrected chi connectivity index (χ0v) is 11.6. The van der Waals surface area contributed by atoms with E-state index in [1.54, 1.807) is 12.1 Å². The molecule has 0 unspecified atom stereocenters. The monoisotopic (exact) mass is 286 g/mol. The Hall–Kier alpha value is -1.40. The Balaban J connectivity index is 2.28. The quantitative estimate of drug-likeness (QED) is 0.580. The Morgan fingerprint density at radius 2 is 1.74 bits per heavy atom. The van der Waals surface area contributed by atoms with E-state index in [2.05, 4.69) is 4.18 Å². The maximum Gasteiger partial charge on any atom is 0.307 e. The number of aliphatic carboxylic acids is 1. The number of carbonyl (C=O) groups is 1. The van der Waals surface area contributed by atoms with Crippen LogP contribution in [0.4, 0.5) is 0 Å². The van der Waals surface area contributed by atoms with Gasteiger partial charge in [-0.15, -0.1) is 0 Å². The summed E-state index contributed by atoms with van der Waals surface area (Å²) >= 11 is 0. The van der Waals surface area contributed by atoms with Crippen molar-refractivity contribution in [2.75, 3.05) is 12.9 Å². The van der Waals surface area contributed by atoms with Crippen molar-refractivity contribution in [3.05, 3.63) is 35.4 Å². The summed E-state index contributed by atoms with van der Waals surface area (Å²) in [6, 6.07) is 7.40. The maximum atomic E-state index is 10.7. The molecule has 0 aliphatic rings. The molecule has 0 saturated carbocycles. The van der Waals surface area contributed by atoms with Gasteiger partial charge in [0.15, 0.2) is 0 Å². The lowest BCUT2D eigenvalue weighted by Gasteiger charge is -2.03. The van der Waals surface area contributed by atoms with Gasteiger partial charge in [0.1, 0.15) is 0 Å². The fourth-order valence-electron chi connectivity index (χ4n) is 1.64. The average Bonchev–Trinajstić information content (AvgIpc) is 2.28. The fourth-order valence-corrected chi connectivity index (χ4v) is 2.06. The summed E-state index contributed by atoms with van der Waals surface area (Å²) in [5.74, 6) is -0.842.